The summed E-state index contributed by atoms with van der Waals surface area (Å²) in [5, 5.41) is 5.54. The number of halogens is 2. The number of hydrogen-bond acceptors (Lipinski definition) is 4. The molecular formula is C12H14F2N2O3. The van der Waals surface area contributed by atoms with Crippen molar-refractivity contribution in [1.82, 2.24) is 5.32 Å². The number of fused-ring (bicyclic) bond motifs is 1. The van der Waals surface area contributed by atoms with E-state index in [0.29, 0.717) is 12.2 Å². The summed E-state index contributed by atoms with van der Waals surface area (Å²) in [5.41, 5.74) is 0.499. The first-order valence-electron chi connectivity index (χ1n) is 5.85. The van der Waals surface area contributed by atoms with Gasteiger partial charge in [-0.3, -0.25) is 4.79 Å². The first-order valence-corrected chi connectivity index (χ1v) is 5.85. The Hall–Kier alpha value is -2.05. The van der Waals surface area contributed by atoms with Crippen molar-refractivity contribution in [2.75, 3.05) is 11.9 Å². The number of amides is 1. The molecule has 1 amide bonds. The van der Waals surface area contributed by atoms with Gasteiger partial charge in [-0.25, -0.2) is 0 Å². The highest BCUT2D eigenvalue weighted by Gasteiger charge is 2.43. The van der Waals surface area contributed by atoms with Gasteiger partial charge in [-0.05, 0) is 26.0 Å². The lowest BCUT2D eigenvalue weighted by Gasteiger charge is -2.14. The van der Waals surface area contributed by atoms with Gasteiger partial charge in [0.05, 0.1) is 0 Å². The molecule has 0 radical (unpaired) electrons. The molecule has 7 heteroatoms. The van der Waals surface area contributed by atoms with Crippen LogP contribution in [0.5, 0.6) is 11.5 Å². The Balaban J connectivity index is 2.06. The van der Waals surface area contributed by atoms with E-state index in [4.69, 9.17) is 0 Å². The first kappa shape index (κ1) is 13.4. The number of carbonyl (C=O) groups excluding carboxylic acids is 1. The van der Waals surface area contributed by atoms with Crippen molar-refractivity contribution in [2.45, 2.75) is 26.2 Å². The quantitative estimate of drug-likeness (QED) is 0.879. The van der Waals surface area contributed by atoms with E-state index in [2.05, 4.69) is 20.1 Å². The lowest BCUT2D eigenvalue weighted by atomic mass is 10.2. The molecule has 0 aliphatic carbocycles. The molecule has 2 rings (SSSR count). The van der Waals surface area contributed by atoms with Crippen LogP contribution in [0.1, 0.15) is 13.8 Å². The Morgan fingerprint density at radius 2 is 2.05 bits per heavy atom. The van der Waals surface area contributed by atoms with Gasteiger partial charge in [0, 0.05) is 18.3 Å². The molecule has 19 heavy (non-hydrogen) atoms. The zero-order chi connectivity index (χ0) is 14.0. The number of benzene rings is 1. The van der Waals surface area contributed by atoms with Crippen molar-refractivity contribution in [2.24, 2.45) is 0 Å². The average molecular weight is 272 g/mol. The topological polar surface area (TPSA) is 59.6 Å². The Morgan fingerprint density at radius 1 is 1.37 bits per heavy atom. The molecule has 104 valence electrons. The maximum atomic E-state index is 12.8. The molecule has 0 spiro atoms. The SMILES string of the molecule is CCNC(=O)C(C)Nc1ccc2c(c1)OC(F)(F)O2. The van der Waals surface area contributed by atoms with Crippen LogP contribution in [0.2, 0.25) is 0 Å². The van der Waals surface area contributed by atoms with Crippen LogP contribution in [0.25, 0.3) is 0 Å². The van der Waals surface area contributed by atoms with Gasteiger partial charge < -0.3 is 20.1 Å². The van der Waals surface area contributed by atoms with E-state index in [1.807, 2.05) is 6.92 Å². The highest BCUT2D eigenvalue weighted by molar-refractivity contribution is 5.84. The van der Waals surface area contributed by atoms with Crippen LogP contribution < -0.4 is 20.1 Å². The van der Waals surface area contributed by atoms with E-state index in [-0.39, 0.29) is 17.4 Å². The van der Waals surface area contributed by atoms with Crippen molar-refractivity contribution in [1.29, 1.82) is 0 Å². The van der Waals surface area contributed by atoms with E-state index in [9.17, 15) is 13.6 Å². The summed E-state index contributed by atoms with van der Waals surface area (Å²) in [6, 6.07) is 3.79. The summed E-state index contributed by atoms with van der Waals surface area (Å²) in [6.45, 7) is 4.01. The van der Waals surface area contributed by atoms with Crippen molar-refractivity contribution in [3.05, 3.63) is 18.2 Å². The molecule has 5 nitrogen and oxygen atoms in total. The summed E-state index contributed by atoms with van der Waals surface area (Å²) >= 11 is 0. The number of nitrogens with one attached hydrogen (secondary N) is 2. The Labute approximate surface area is 108 Å². The van der Waals surface area contributed by atoms with Crippen LogP contribution in [0, 0.1) is 0 Å². The predicted octanol–water partition coefficient (Wildman–Crippen LogP) is 1.94. The zero-order valence-electron chi connectivity index (χ0n) is 10.5. The van der Waals surface area contributed by atoms with Crippen molar-refractivity contribution in [3.63, 3.8) is 0 Å². The van der Waals surface area contributed by atoms with E-state index < -0.39 is 12.3 Å². The van der Waals surface area contributed by atoms with E-state index in [1.54, 1.807) is 13.0 Å². The van der Waals surface area contributed by atoms with Gasteiger partial charge in [0.1, 0.15) is 6.04 Å². The number of hydrogen-bond donors (Lipinski definition) is 2. The first-order chi connectivity index (χ1) is 8.91. The van der Waals surface area contributed by atoms with Gasteiger partial charge in [0.15, 0.2) is 11.5 Å². The van der Waals surface area contributed by atoms with Crippen LogP contribution in [-0.4, -0.2) is 24.8 Å². The number of likely N-dealkylation sites (N-methyl/N-ethyl adjacent to an activating group) is 1. The highest BCUT2D eigenvalue weighted by atomic mass is 19.3. The summed E-state index contributed by atoms with van der Waals surface area (Å²) in [4.78, 5) is 11.5. The number of anilines is 1. The molecule has 0 bridgehead atoms. The average Bonchev–Trinajstić information content (AvgIpc) is 2.62. The van der Waals surface area contributed by atoms with Crippen molar-refractivity contribution in [3.8, 4) is 11.5 Å². The summed E-state index contributed by atoms with van der Waals surface area (Å²) in [5.74, 6) is -0.259. The van der Waals surface area contributed by atoms with E-state index in [1.165, 1.54) is 12.1 Å². The van der Waals surface area contributed by atoms with E-state index in [0.717, 1.165) is 0 Å². The van der Waals surface area contributed by atoms with Gasteiger partial charge in [0.25, 0.3) is 0 Å². The number of ether oxygens (including phenoxy) is 2. The maximum Gasteiger partial charge on any atom is 0.586 e. The highest BCUT2D eigenvalue weighted by Crippen LogP contribution is 2.42. The molecule has 1 aromatic carbocycles. The lowest BCUT2D eigenvalue weighted by molar-refractivity contribution is -0.286. The third-order valence-corrected chi connectivity index (χ3v) is 2.53. The molecule has 0 aromatic heterocycles. The largest absolute Gasteiger partial charge is 0.586 e. The van der Waals surface area contributed by atoms with Crippen LogP contribution >= 0.6 is 0 Å². The predicted molar refractivity (Wildman–Crippen MR) is 64.4 cm³/mol. The van der Waals surface area contributed by atoms with Crippen LogP contribution in [-0.2, 0) is 4.79 Å². The molecule has 1 aliphatic heterocycles. The molecular weight excluding hydrogens is 258 g/mol. The Morgan fingerprint density at radius 3 is 2.74 bits per heavy atom. The maximum absolute atomic E-state index is 12.8. The fraction of sp³-hybridized carbons (Fsp3) is 0.417. The van der Waals surface area contributed by atoms with Gasteiger partial charge in [-0.1, -0.05) is 0 Å². The van der Waals surface area contributed by atoms with Crippen molar-refractivity contribution < 1.29 is 23.0 Å². The third-order valence-electron chi connectivity index (χ3n) is 2.53. The Kier molecular flexibility index (Phi) is 3.46. The van der Waals surface area contributed by atoms with Gasteiger partial charge in [-0.15, -0.1) is 8.78 Å². The van der Waals surface area contributed by atoms with Crippen LogP contribution in [0.15, 0.2) is 18.2 Å². The van der Waals surface area contributed by atoms with Crippen LogP contribution in [0.3, 0.4) is 0 Å². The fourth-order valence-electron chi connectivity index (χ4n) is 1.68. The van der Waals surface area contributed by atoms with Gasteiger partial charge in [0.2, 0.25) is 5.91 Å². The van der Waals surface area contributed by atoms with Gasteiger partial charge in [-0.2, -0.15) is 0 Å². The molecule has 1 heterocycles. The summed E-state index contributed by atoms with van der Waals surface area (Å²) < 4.78 is 34.3. The van der Waals surface area contributed by atoms with Crippen molar-refractivity contribution >= 4 is 11.6 Å². The minimum absolute atomic E-state index is 0.0267. The summed E-state index contributed by atoms with van der Waals surface area (Å²) in [7, 11) is 0. The number of carbonyl (C=O) groups is 1. The van der Waals surface area contributed by atoms with Crippen LogP contribution in [0.4, 0.5) is 14.5 Å². The molecule has 1 unspecified atom stereocenters. The molecule has 0 saturated heterocycles. The second-order valence-electron chi connectivity index (χ2n) is 4.09. The fourth-order valence-corrected chi connectivity index (χ4v) is 1.68. The Bertz CT molecular complexity index is 494. The molecule has 1 atom stereocenters. The third kappa shape index (κ3) is 3.04. The second-order valence-corrected chi connectivity index (χ2v) is 4.09. The smallest absolute Gasteiger partial charge is 0.395 e. The minimum Gasteiger partial charge on any atom is -0.395 e. The van der Waals surface area contributed by atoms with Gasteiger partial charge >= 0.3 is 6.29 Å². The second kappa shape index (κ2) is 4.91. The number of rotatable bonds is 4. The normalized spacial score (nSPS) is 16.8. The van der Waals surface area contributed by atoms with E-state index >= 15 is 0 Å². The monoisotopic (exact) mass is 272 g/mol. The molecule has 0 fully saturated rings. The molecule has 1 aromatic rings. The molecule has 2 N–H and O–H groups in total. The zero-order valence-corrected chi connectivity index (χ0v) is 10.5. The lowest BCUT2D eigenvalue weighted by Crippen LogP contribution is -2.37. The number of alkyl halides is 2. The standard InChI is InChI=1S/C12H14F2N2O3/c1-3-15-11(17)7(2)16-8-4-5-9-10(6-8)19-12(13,14)18-9/h4-7,16H,3H2,1-2H3,(H,15,17). The summed E-state index contributed by atoms with van der Waals surface area (Å²) in [6.07, 6.45) is -3.63. The molecule has 0 saturated carbocycles. The molecule has 1 aliphatic rings. The minimum atomic E-state index is -3.63.